The highest BCUT2D eigenvalue weighted by molar-refractivity contribution is 7.92. The quantitative estimate of drug-likeness (QED) is 0.281. The van der Waals surface area contributed by atoms with Crippen molar-refractivity contribution in [3.63, 3.8) is 0 Å². The summed E-state index contributed by atoms with van der Waals surface area (Å²) in [4.78, 5) is 29.3. The molecule has 2 amide bonds. The van der Waals surface area contributed by atoms with E-state index in [2.05, 4.69) is 5.32 Å². The van der Waals surface area contributed by atoms with E-state index in [1.54, 1.807) is 43.5 Å². The summed E-state index contributed by atoms with van der Waals surface area (Å²) in [5.74, 6) is -0.140. The van der Waals surface area contributed by atoms with Crippen LogP contribution in [0.1, 0.15) is 55.9 Å². The summed E-state index contributed by atoms with van der Waals surface area (Å²) in [6.45, 7) is 10.9. The number of hydrogen-bond donors (Lipinski definition) is 1. The number of nitrogens with one attached hydrogen (secondary N) is 1. The lowest BCUT2D eigenvalue weighted by Gasteiger charge is -2.34. The molecule has 0 spiro atoms. The monoisotopic (exact) mass is 593 g/mol. The van der Waals surface area contributed by atoms with Crippen molar-refractivity contribution in [2.45, 2.75) is 77.9 Å². The van der Waals surface area contributed by atoms with Crippen LogP contribution in [-0.4, -0.2) is 50.9 Å². The van der Waals surface area contributed by atoms with Crippen LogP contribution in [0.5, 0.6) is 5.75 Å². The average Bonchev–Trinajstić information content (AvgIpc) is 2.97. The summed E-state index contributed by atoms with van der Waals surface area (Å²) < 4.78 is 34.8. The highest BCUT2D eigenvalue weighted by Crippen LogP contribution is 2.29. The molecule has 8 nitrogen and oxygen atoms in total. The fraction of sp³-hybridized carbons (Fsp3) is 0.394. The van der Waals surface area contributed by atoms with Gasteiger partial charge in [-0.25, -0.2) is 8.42 Å². The van der Waals surface area contributed by atoms with Crippen LogP contribution < -0.4 is 14.4 Å². The van der Waals surface area contributed by atoms with E-state index in [0.29, 0.717) is 23.4 Å². The molecule has 1 N–H and O–H groups in total. The first-order chi connectivity index (χ1) is 19.9. The van der Waals surface area contributed by atoms with E-state index >= 15 is 0 Å². The summed E-state index contributed by atoms with van der Waals surface area (Å²) >= 11 is 0. The lowest BCUT2D eigenvalue weighted by atomic mass is 10.1. The number of anilines is 1. The Morgan fingerprint density at radius 3 is 2.19 bits per heavy atom. The summed E-state index contributed by atoms with van der Waals surface area (Å²) in [6, 6.07) is 18.5. The van der Waals surface area contributed by atoms with Crippen LogP contribution in [0.15, 0.2) is 71.6 Å². The van der Waals surface area contributed by atoms with Crippen LogP contribution in [0.2, 0.25) is 0 Å². The standard InChI is InChI=1S/C33H43N3O5S/c1-8-26(6)34-33(38)30(9-2)35(21-27-11-10-12-28(20-27)41-7)32(37)22-36(31-19-24(4)13-16-25(31)5)42(39,40)29-17-14-23(3)15-18-29/h10-20,26,30H,8-9,21-22H2,1-7H3,(H,34,38)/t26-,30-/m0/s1. The number of carbonyl (C=O) groups is 2. The van der Waals surface area contributed by atoms with Gasteiger partial charge >= 0.3 is 0 Å². The number of amides is 2. The van der Waals surface area contributed by atoms with E-state index in [-0.39, 0.29) is 23.4 Å². The molecule has 0 fully saturated rings. The second kappa shape index (κ2) is 14.4. The van der Waals surface area contributed by atoms with Gasteiger partial charge in [-0.05, 0) is 87.6 Å². The van der Waals surface area contributed by atoms with Crippen LogP contribution in [-0.2, 0) is 26.2 Å². The maximum absolute atomic E-state index is 14.3. The van der Waals surface area contributed by atoms with E-state index in [0.717, 1.165) is 23.1 Å². The Bertz CT molecular complexity index is 1490. The van der Waals surface area contributed by atoms with Gasteiger partial charge in [0.2, 0.25) is 11.8 Å². The van der Waals surface area contributed by atoms with Crippen LogP contribution in [0.25, 0.3) is 0 Å². The second-order valence-electron chi connectivity index (χ2n) is 10.7. The summed E-state index contributed by atoms with van der Waals surface area (Å²) in [6.07, 6.45) is 1.09. The Kier molecular flexibility index (Phi) is 11.2. The highest BCUT2D eigenvalue weighted by atomic mass is 32.2. The molecule has 0 aromatic heterocycles. The molecule has 0 aliphatic carbocycles. The number of aryl methyl sites for hydroxylation is 3. The Hall–Kier alpha value is -3.85. The zero-order chi connectivity index (χ0) is 31.0. The van der Waals surface area contributed by atoms with Gasteiger partial charge in [0, 0.05) is 12.6 Å². The average molecular weight is 594 g/mol. The second-order valence-corrected chi connectivity index (χ2v) is 12.6. The van der Waals surface area contributed by atoms with Crippen molar-refractivity contribution in [3.8, 4) is 5.75 Å². The molecule has 0 bridgehead atoms. The molecular formula is C33H43N3O5S. The number of benzene rings is 3. The SMILES string of the molecule is CC[C@H](C)NC(=O)[C@H](CC)N(Cc1cccc(OC)c1)C(=O)CN(c1cc(C)ccc1C)S(=O)(=O)c1ccc(C)cc1. The van der Waals surface area contributed by atoms with E-state index in [1.807, 2.05) is 71.9 Å². The lowest BCUT2D eigenvalue weighted by molar-refractivity contribution is -0.140. The molecule has 0 heterocycles. The van der Waals surface area contributed by atoms with Crippen molar-refractivity contribution in [1.29, 1.82) is 0 Å². The predicted molar refractivity (Wildman–Crippen MR) is 167 cm³/mol. The first-order valence-corrected chi connectivity index (χ1v) is 15.7. The fourth-order valence-corrected chi connectivity index (χ4v) is 6.14. The largest absolute Gasteiger partial charge is 0.497 e. The van der Waals surface area contributed by atoms with E-state index in [4.69, 9.17) is 4.74 Å². The molecule has 0 radical (unpaired) electrons. The highest BCUT2D eigenvalue weighted by Gasteiger charge is 2.34. The Morgan fingerprint density at radius 1 is 0.905 bits per heavy atom. The molecule has 0 unspecified atom stereocenters. The summed E-state index contributed by atoms with van der Waals surface area (Å²) in [5.41, 5.74) is 3.68. The number of rotatable bonds is 13. The van der Waals surface area contributed by atoms with Gasteiger partial charge in [0.1, 0.15) is 18.3 Å². The van der Waals surface area contributed by atoms with Gasteiger partial charge < -0.3 is 15.0 Å². The molecule has 0 saturated heterocycles. The van der Waals surface area contributed by atoms with Gasteiger partial charge in [-0.3, -0.25) is 13.9 Å². The summed E-state index contributed by atoms with van der Waals surface area (Å²) in [5, 5.41) is 3.00. The van der Waals surface area contributed by atoms with Gasteiger partial charge in [-0.2, -0.15) is 0 Å². The molecule has 226 valence electrons. The van der Waals surface area contributed by atoms with E-state index in [1.165, 1.54) is 9.21 Å². The summed E-state index contributed by atoms with van der Waals surface area (Å²) in [7, 11) is -2.57. The first-order valence-electron chi connectivity index (χ1n) is 14.3. The Labute approximate surface area is 250 Å². The number of nitrogens with zero attached hydrogens (tertiary/aromatic N) is 2. The van der Waals surface area contributed by atoms with Crippen LogP contribution in [0.4, 0.5) is 5.69 Å². The minimum absolute atomic E-state index is 0.0753. The van der Waals surface area contributed by atoms with Gasteiger partial charge in [0.15, 0.2) is 0 Å². The fourth-order valence-electron chi connectivity index (χ4n) is 4.67. The molecule has 42 heavy (non-hydrogen) atoms. The van der Waals surface area contributed by atoms with Crippen LogP contribution in [0.3, 0.4) is 0 Å². The van der Waals surface area contributed by atoms with Crippen molar-refractivity contribution >= 4 is 27.5 Å². The molecule has 0 saturated carbocycles. The van der Waals surface area contributed by atoms with Crippen molar-refractivity contribution in [1.82, 2.24) is 10.2 Å². The van der Waals surface area contributed by atoms with E-state index in [9.17, 15) is 18.0 Å². The maximum Gasteiger partial charge on any atom is 0.264 e. The third kappa shape index (κ3) is 7.91. The third-order valence-corrected chi connectivity index (χ3v) is 9.17. The Morgan fingerprint density at radius 2 is 1.57 bits per heavy atom. The molecule has 9 heteroatoms. The number of carbonyl (C=O) groups excluding carboxylic acids is 2. The molecule has 3 aromatic rings. The zero-order valence-corrected chi connectivity index (χ0v) is 26.5. The zero-order valence-electron chi connectivity index (χ0n) is 25.7. The lowest BCUT2D eigenvalue weighted by Crippen LogP contribution is -2.53. The first kappa shape index (κ1) is 32.7. The van der Waals surface area contributed by atoms with Gasteiger partial charge in [-0.15, -0.1) is 0 Å². The predicted octanol–water partition coefficient (Wildman–Crippen LogP) is 5.54. The van der Waals surface area contributed by atoms with Crippen molar-refractivity contribution in [2.24, 2.45) is 0 Å². The van der Waals surface area contributed by atoms with Gasteiger partial charge in [-0.1, -0.05) is 55.8 Å². The van der Waals surface area contributed by atoms with Crippen LogP contribution >= 0.6 is 0 Å². The normalized spacial score (nSPS) is 12.7. The topological polar surface area (TPSA) is 96.0 Å². The molecule has 3 rings (SSSR count). The molecule has 0 aliphatic rings. The maximum atomic E-state index is 14.3. The molecular weight excluding hydrogens is 550 g/mol. The molecule has 2 atom stereocenters. The van der Waals surface area contributed by atoms with Crippen LogP contribution in [0, 0.1) is 20.8 Å². The molecule has 0 aliphatic heterocycles. The van der Waals surface area contributed by atoms with Crippen molar-refractivity contribution < 1.29 is 22.7 Å². The van der Waals surface area contributed by atoms with Crippen molar-refractivity contribution in [3.05, 3.63) is 89.0 Å². The molecule has 3 aromatic carbocycles. The van der Waals surface area contributed by atoms with Gasteiger partial charge in [0.05, 0.1) is 17.7 Å². The minimum atomic E-state index is -4.13. The third-order valence-electron chi connectivity index (χ3n) is 7.40. The van der Waals surface area contributed by atoms with Crippen molar-refractivity contribution in [2.75, 3.05) is 18.0 Å². The smallest absolute Gasteiger partial charge is 0.264 e. The minimum Gasteiger partial charge on any atom is -0.497 e. The van der Waals surface area contributed by atoms with E-state index < -0.39 is 28.5 Å². The number of methoxy groups -OCH3 is 1. The number of sulfonamides is 1. The van der Waals surface area contributed by atoms with Gasteiger partial charge in [0.25, 0.3) is 10.0 Å². The number of hydrogen-bond acceptors (Lipinski definition) is 5. The number of ether oxygens (including phenoxy) is 1. The Balaban J connectivity index is 2.11.